The zero-order valence-corrected chi connectivity index (χ0v) is 9.93. The van der Waals surface area contributed by atoms with E-state index in [-0.39, 0.29) is 5.97 Å². The molecule has 1 N–H and O–H groups in total. The minimum Gasteiger partial charge on any atom is -0.461 e. The van der Waals surface area contributed by atoms with Crippen LogP contribution < -0.4 is 0 Å². The number of rotatable bonds is 3. The van der Waals surface area contributed by atoms with Crippen LogP contribution in [-0.4, -0.2) is 22.5 Å². The summed E-state index contributed by atoms with van der Waals surface area (Å²) in [4.78, 5) is 19.9. The molecule has 0 aliphatic heterocycles. The Morgan fingerprint density at radius 1 is 1.62 bits per heavy atom. The van der Waals surface area contributed by atoms with Gasteiger partial charge in [0.25, 0.3) is 0 Å². The highest BCUT2D eigenvalue weighted by molar-refractivity contribution is 7.13. The molecule has 16 heavy (non-hydrogen) atoms. The standard InChI is InChI=1S/C11H12N2O2S/c1-3-15-11(14)9-7(2)12-10(13-9)8-5-4-6-16-8/h4-6H,3H2,1-2H3,(H,12,13). The van der Waals surface area contributed by atoms with E-state index in [1.807, 2.05) is 24.4 Å². The van der Waals surface area contributed by atoms with Crippen LogP contribution >= 0.6 is 11.3 Å². The number of aryl methyl sites for hydroxylation is 1. The number of imidazole rings is 1. The second kappa shape index (κ2) is 4.49. The summed E-state index contributed by atoms with van der Waals surface area (Å²) in [5, 5.41) is 1.97. The normalized spacial score (nSPS) is 10.4. The van der Waals surface area contributed by atoms with Gasteiger partial charge in [-0.15, -0.1) is 11.3 Å². The summed E-state index contributed by atoms with van der Waals surface area (Å²) in [5.74, 6) is 0.342. The predicted octanol–water partition coefficient (Wildman–Crippen LogP) is 2.62. The highest BCUT2D eigenvalue weighted by atomic mass is 32.1. The SMILES string of the molecule is CCOC(=O)c1nc(-c2cccs2)[nH]c1C. The van der Waals surface area contributed by atoms with E-state index in [4.69, 9.17) is 4.74 Å². The minimum atomic E-state index is -0.376. The van der Waals surface area contributed by atoms with Gasteiger partial charge in [0.2, 0.25) is 0 Å². The van der Waals surface area contributed by atoms with Crippen LogP contribution in [0.3, 0.4) is 0 Å². The van der Waals surface area contributed by atoms with E-state index in [0.29, 0.717) is 12.3 Å². The first-order valence-electron chi connectivity index (χ1n) is 5.00. The lowest BCUT2D eigenvalue weighted by atomic mass is 10.3. The van der Waals surface area contributed by atoms with Gasteiger partial charge in [-0.2, -0.15) is 0 Å². The second-order valence-corrected chi connectivity index (χ2v) is 4.20. The topological polar surface area (TPSA) is 55.0 Å². The van der Waals surface area contributed by atoms with Gasteiger partial charge in [-0.3, -0.25) is 0 Å². The van der Waals surface area contributed by atoms with Gasteiger partial charge in [0, 0.05) is 5.69 Å². The van der Waals surface area contributed by atoms with E-state index in [2.05, 4.69) is 9.97 Å². The van der Waals surface area contributed by atoms with Crippen LogP contribution in [0, 0.1) is 6.92 Å². The van der Waals surface area contributed by atoms with Gasteiger partial charge in [0.05, 0.1) is 11.5 Å². The molecular weight excluding hydrogens is 224 g/mol. The fraction of sp³-hybridized carbons (Fsp3) is 0.273. The van der Waals surface area contributed by atoms with Crippen molar-refractivity contribution in [1.82, 2.24) is 9.97 Å². The van der Waals surface area contributed by atoms with Gasteiger partial charge in [0.1, 0.15) is 5.82 Å². The molecule has 0 unspecified atom stereocenters. The van der Waals surface area contributed by atoms with Crippen LogP contribution in [0.25, 0.3) is 10.7 Å². The Morgan fingerprint density at radius 2 is 2.44 bits per heavy atom. The average molecular weight is 236 g/mol. The van der Waals surface area contributed by atoms with E-state index < -0.39 is 0 Å². The summed E-state index contributed by atoms with van der Waals surface area (Å²) in [6, 6.07) is 3.90. The highest BCUT2D eigenvalue weighted by Gasteiger charge is 2.16. The molecule has 2 heterocycles. The molecule has 2 rings (SSSR count). The van der Waals surface area contributed by atoms with E-state index >= 15 is 0 Å². The van der Waals surface area contributed by atoms with E-state index in [1.165, 1.54) is 0 Å². The van der Waals surface area contributed by atoms with Crippen LogP contribution in [0.2, 0.25) is 0 Å². The average Bonchev–Trinajstić information content (AvgIpc) is 2.86. The summed E-state index contributed by atoms with van der Waals surface area (Å²) >= 11 is 1.58. The molecule has 0 atom stereocenters. The Hall–Kier alpha value is -1.62. The first-order valence-corrected chi connectivity index (χ1v) is 5.88. The molecule has 4 nitrogen and oxygen atoms in total. The number of H-pyrrole nitrogens is 1. The fourth-order valence-electron chi connectivity index (χ4n) is 1.39. The maximum atomic E-state index is 11.5. The Labute approximate surface area is 97.3 Å². The number of nitrogens with zero attached hydrogens (tertiary/aromatic N) is 1. The Morgan fingerprint density at radius 3 is 3.06 bits per heavy atom. The van der Waals surface area contributed by atoms with E-state index in [0.717, 1.165) is 16.4 Å². The van der Waals surface area contributed by atoms with Gasteiger partial charge in [-0.1, -0.05) is 6.07 Å². The zero-order chi connectivity index (χ0) is 11.5. The lowest BCUT2D eigenvalue weighted by molar-refractivity contribution is 0.0519. The summed E-state index contributed by atoms with van der Waals surface area (Å²) < 4.78 is 4.92. The smallest absolute Gasteiger partial charge is 0.358 e. The van der Waals surface area contributed by atoms with Crippen molar-refractivity contribution in [3.63, 3.8) is 0 Å². The molecule has 0 aliphatic carbocycles. The van der Waals surface area contributed by atoms with E-state index in [1.54, 1.807) is 18.3 Å². The van der Waals surface area contributed by atoms with Crippen molar-refractivity contribution in [3.8, 4) is 10.7 Å². The number of hydrogen-bond donors (Lipinski definition) is 1. The predicted molar refractivity (Wildman–Crippen MR) is 62.6 cm³/mol. The third-order valence-electron chi connectivity index (χ3n) is 2.11. The molecule has 0 aromatic carbocycles. The third kappa shape index (κ3) is 1.99. The second-order valence-electron chi connectivity index (χ2n) is 3.26. The number of carbonyl (C=O) groups excluding carboxylic acids is 1. The van der Waals surface area contributed by atoms with Gasteiger partial charge in [0.15, 0.2) is 5.69 Å². The van der Waals surface area contributed by atoms with Crippen LogP contribution in [0.4, 0.5) is 0 Å². The molecule has 0 spiro atoms. The fourth-order valence-corrected chi connectivity index (χ4v) is 2.06. The Bertz CT molecular complexity index is 488. The Kier molecular flexibility index (Phi) is 3.05. The first-order chi connectivity index (χ1) is 7.72. The molecule has 0 amide bonds. The van der Waals surface area contributed by atoms with Crippen LogP contribution in [0.15, 0.2) is 17.5 Å². The van der Waals surface area contributed by atoms with Crippen molar-refractivity contribution >= 4 is 17.3 Å². The number of ether oxygens (including phenoxy) is 1. The molecular formula is C11H12N2O2S. The van der Waals surface area contributed by atoms with Gasteiger partial charge < -0.3 is 9.72 Å². The van der Waals surface area contributed by atoms with Crippen molar-refractivity contribution in [1.29, 1.82) is 0 Å². The number of aromatic nitrogens is 2. The summed E-state index contributed by atoms with van der Waals surface area (Å²) in [7, 11) is 0. The molecule has 2 aromatic rings. The molecule has 0 fully saturated rings. The molecule has 0 aliphatic rings. The molecule has 0 radical (unpaired) electrons. The van der Waals surface area contributed by atoms with Crippen LogP contribution in [0.1, 0.15) is 23.1 Å². The van der Waals surface area contributed by atoms with Crippen molar-refractivity contribution in [2.24, 2.45) is 0 Å². The van der Waals surface area contributed by atoms with E-state index in [9.17, 15) is 4.79 Å². The molecule has 0 saturated carbocycles. The van der Waals surface area contributed by atoms with Gasteiger partial charge in [-0.05, 0) is 25.3 Å². The zero-order valence-electron chi connectivity index (χ0n) is 9.11. The number of nitrogens with one attached hydrogen (secondary N) is 1. The summed E-state index contributed by atoms with van der Waals surface area (Å²) in [6.07, 6.45) is 0. The lowest BCUT2D eigenvalue weighted by Gasteiger charge is -1.97. The van der Waals surface area contributed by atoms with Gasteiger partial charge in [-0.25, -0.2) is 9.78 Å². The van der Waals surface area contributed by atoms with Crippen molar-refractivity contribution < 1.29 is 9.53 Å². The molecule has 0 saturated heterocycles. The first kappa shape index (κ1) is 10.9. The molecule has 0 bridgehead atoms. The third-order valence-corrected chi connectivity index (χ3v) is 2.98. The maximum absolute atomic E-state index is 11.5. The van der Waals surface area contributed by atoms with Crippen molar-refractivity contribution in [2.75, 3.05) is 6.61 Å². The number of carbonyl (C=O) groups is 1. The lowest BCUT2D eigenvalue weighted by Crippen LogP contribution is -2.06. The quantitative estimate of drug-likeness (QED) is 0.833. The highest BCUT2D eigenvalue weighted by Crippen LogP contribution is 2.23. The number of thiophene rings is 1. The largest absolute Gasteiger partial charge is 0.461 e. The number of esters is 1. The van der Waals surface area contributed by atoms with Crippen LogP contribution in [0.5, 0.6) is 0 Å². The monoisotopic (exact) mass is 236 g/mol. The molecule has 2 aromatic heterocycles. The summed E-state index contributed by atoms with van der Waals surface area (Å²) in [5.41, 5.74) is 1.10. The van der Waals surface area contributed by atoms with Crippen molar-refractivity contribution in [2.45, 2.75) is 13.8 Å². The Balaban J connectivity index is 2.32. The maximum Gasteiger partial charge on any atom is 0.358 e. The molecule has 5 heteroatoms. The van der Waals surface area contributed by atoms with Gasteiger partial charge >= 0.3 is 5.97 Å². The minimum absolute atomic E-state index is 0.361. The number of aromatic amines is 1. The number of hydrogen-bond acceptors (Lipinski definition) is 4. The van der Waals surface area contributed by atoms with Crippen molar-refractivity contribution in [3.05, 3.63) is 28.9 Å². The summed E-state index contributed by atoms with van der Waals surface area (Å²) in [6.45, 7) is 3.95. The van der Waals surface area contributed by atoms with Crippen LogP contribution in [-0.2, 0) is 4.74 Å². The molecule has 84 valence electrons.